The number of halogens is 3. The van der Waals surface area contributed by atoms with Crippen LogP contribution in [0.1, 0.15) is 18.9 Å². The molecule has 0 saturated carbocycles. The zero-order valence-corrected chi connectivity index (χ0v) is 13.9. The molecule has 2 N–H and O–H groups in total. The van der Waals surface area contributed by atoms with Gasteiger partial charge in [-0.1, -0.05) is 12.1 Å². The molecule has 1 unspecified atom stereocenters. The van der Waals surface area contributed by atoms with Gasteiger partial charge in [-0.25, -0.2) is 13.2 Å². The van der Waals surface area contributed by atoms with Crippen LogP contribution in [0.15, 0.2) is 42.5 Å². The number of nitrogens with one attached hydrogen (secondary N) is 2. The van der Waals surface area contributed by atoms with Crippen LogP contribution in [0.2, 0.25) is 0 Å². The van der Waals surface area contributed by atoms with Crippen molar-refractivity contribution in [1.82, 2.24) is 10.9 Å². The Morgan fingerprint density at radius 2 is 1.77 bits per heavy atom. The van der Waals surface area contributed by atoms with E-state index in [-0.39, 0.29) is 24.2 Å². The van der Waals surface area contributed by atoms with E-state index in [1.165, 1.54) is 25.1 Å². The maximum Gasteiger partial charge on any atom is 0.279 e. The van der Waals surface area contributed by atoms with Gasteiger partial charge < -0.3 is 4.74 Å². The highest BCUT2D eigenvalue weighted by atomic mass is 19.1. The van der Waals surface area contributed by atoms with Gasteiger partial charge in [-0.15, -0.1) is 0 Å². The molecule has 0 heterocycles. The molecule has 5 nitrogen and oxygen atoms in total. The van der Waals surface area contributed by atoms with E-state index in [0.717, 1.165) is 18.2 Å². The minimum Gasteiger partial charge on any atom is -0.478 e. The molecule has 0 spiro atoms. The first-order valence-corrected chi connectivity index (χ1v) is 7.80. The van der Waals surface area contributed by atoms with Gasteiger partial charge in [0.15, 0.2) is 17.7 Å². The molecule has 2 aromatic carbocycles. The average molecular weight is 366 g/mol. The molecule has 138 valence electrons. The summed E-state index contributed by atoms with van der Waals surface area (Å²) in [5.41, 5.74) is 4.33. The highest BCUT2D eigenvalue weighted by Gasteiger charge is 2.17. The van der Waals surface area contributed by atoms with Crippen LogP contribution < -0.4 is 15.6 Å². The van der Waals surface area contributed by atoms with E-state index < -0.39 is 35.4 Å². The molecule has 0 aliphatic carbocycles. The summed E-state index contributed by atoms with van der Waals surface area (Å²) in [6.07, 6.45) is -1.26. The Hall–Kier alpha value is -3.03. The Morgan fingerprint density at radius 1 is 1.04 bits per heavy atom. The third-order valence-electron chi connectivity index (χ3n) is 3.46. The van der Waals surface area contributed by atoms with Crippen LogP contribution in [0.4, 0.5) is 13.2 Å². The SMILES string of the molecule is CC(Oc1ccccc1F)C(=O)NNC(=O)CCc1cc(F)ccc1F. The van der Waals surface area contributed by atoms with Crippen LogP contribution in [0.3, 0.4) is 0 Å². The smallest absolute Gasteiger partial charge is 0.279 e. The molecular weight excluding hydrogens is 349 g/mol. The number of hydrazine groups is 1. The second kappa shape index (κ2) is 8.89. The first-order chi connectivity index (χ1) is 12.4. The summed E-state index contributed by atoms with van der Waals surface area (Å²) in [5.74, 6) is -3.22. The van der Waals surface area contributed by atoms with E-state index in [4.69, 9.17) is 4.74 Å². The van der Waals surface area contributed by atoms with E-state index in [0.29, 0.717) is 0 Å². The Morgan fingerprint density at radius 3 is 2.50 bits per heavy atom. The summed E-state index contributed by atoms with van der Waals surface area (Å²) < 4.78 is 45.2. The highest BCUT2D eigenvalue weighted by molar-refractivity contribution is 5.84. The van der Waals surface area contributed by atoms with Gasteiger partial charge in [0.05, 0.1) is 0 Å². The van der Waals surface area contributed by atoms with Crippen molar-refractivity contribution < 1.29 is 27.5 Å². The zero-order chi connectivity index (χ0) is 19.1. The lowest BCUT2D eigenvalue weighted by Gasteiger charge is -2.15. The fourth-order valence-electron chi connectivity index (χ4n) is 2.06. The molecular formula is C18H17F3N2O3. The summed E-state index contributed by atoms with van der Waals surface area (Å²) >= 11 is 0. The van der Waals surface area contributed by atoms with Crippen molar-refractivity contribution in [2.24, 2.45) is 0 Å². The Kier molecular flexibility index (Phi) is 6.60. The minimum absolute atomic E-state index is 0.0351. The van der Waals surface area contributed by atoms with Crippen LogP contribution in [-0.2, 0) is 16.0 Å². The first kappa shape index (κ1) is 19.3. The molecule has 0 radical (unpaired) electrons. The minimum atomic E-state index is -1.06. The normalized spacial score (nSPS) is 11.5. The number of benzene rings is 2. The molecule has 2 aromatic rings. The van der Waals surface area contributed by atoms with E-state index in [1.54, 1.807) is 6.07 Å². The summed E-state index contributed by atoms with van der Waals surface area (Å²) in [6, 6.07) is 8.55. The summed E-state index contributed by atoms with van der Waals surface area (Å²) in [4.78, 5) is 23.6. The molecule has 8 heteroatoms. The second-order valence-electron chi connectivity index (χ2n) is 5.46. The largest absolute Gasteiger partial charge is 0.478 e. The average Bonchev–Trinajstić information content (AvgIpc) is 2.62. The number of hydrogen-bond donors (Lipinski definition) is 2. The summed E-state index contributed by atoms with van der Waals surface area (Å²) in [5, 5.41) is 0. The Labute approximate surface area is 148 Å². The van der Waals surface area contributed by atoms with Gasteiger partial charge in [-0.3, -0.25) is 20.4 Å². The molecule has 0 fully saturated rings. The van der Waals surface area contributed by atoms with Crippen LogP contribution in [-0.4, -0.2) is 17.9 Å². The summed E-state index contributed by atoms with van der Waals surface area (Å²) in [6.45, 7) is 1.38. The molecule has 1 atom stereocenters. The lowest BCUT2D eigenvalue weighted by molar-refractivity contribution is -0.132. The van der Waals surface area contributed by atoms with Gasteiger partial charge in [0.2, 0.25) is 5.91 Å². The van der Waals surface area contributed by atoms with Crippen molar-refractivity contribution in [1.29, 1.82) is 0 Å². The standard InChI is InChI=1S/C18H17F3N2O3/c1-11(26-16-5-3-2-4-15(16)21)18(25)23-22-17(24)9-6-12-10-13(19)7-8-14(12)20/h2-5,7-8,10-11H,6,9H2,1H3,(H,22,24)(H,23,25). The third kappa shape index (κ3) is 5.51. The Balaban J connectivity index is 1.78. The molecule has 0 aromatic heterocycles. The lowest BCUT2D eigenvalue weighted by atomic mass is 10.1. The van der Waals surface area contributed by atoms with E-state index in [9.17, 15) is 22.8 Å². The number of carbonyl (C=O) groups is 2. The predicted molar refractivity (Wildman–Crippen MR) is 87.5 cm³/mol. The maximum absolute atomic E-state index is 13.5. The molecule has 2 rings (SSSR count). The van der Waals surface area contributed by atoms with E-state index >= 15 is 0 Å². The van der Waals surface area contributed by atoms with Gasteiger partial charge in [-0.05, 0) is 49.2 Å². The van der Waals surface area contributed by atoms with Crippen molar-refractivity contribution in [3.05, 3.63) is 65.5 Å². The molecule has 0 aliphatic heterocycles. The number of rotatable bonds is 6. The van der Waals surface area contributed by atoms with Crippen molar-refractivity contribution in [3.63, 3.8) is 0 Å². The molecule has 0 saturated heterocycles. The van der Waals surface area contributed by atoms with E-state index in [2.05, 4.69) is 10.9 Å². The highest BCUT2D eigenvalue weighted by Crippen LogP contribution is 2.17. The quantitative estimate of drug-likeness (QED) is 0.773. The van der Waals surface area contributed by atoms with Crippen molar-refractivity contribution in [2.75, 3.05) is 0 Å². The number of aryl methyl sites for hydroxylation is 1. The fraction of sp³-hybridized carbons (Fsp3) is 0.222. The number of carbonyl (C=O) groups excluding carboxylic acids is 2. The molecule has 0 bridgehead atoms. The van der Waals surface area contributed by atoms with Crippen LogP contribution in [0.5, 0.6) is 5.75 Å². The molecule has 26 heavy (non-hydrogen) atoms. The van der Waals surface area contributed by atoms with Crippen LogP contribution in [0.25, 0.3) is 0 Å². The predicted octanol–water partition coefficient (Wildman–Crippen LogP) is 2.65. The number of amides is 2. The molecule has 2 amide bonds. The van der Waals surface area contributed by atoms with Gasteiger partial charge >= 0.3 is 0 Å². The third-order valence-corrected chi connectivity index (χ3v) is 3.46. The second-order valence-corrected chi connectivity index (χ2v) is 5.46. The van der Waals surface area contributed by atoms with Crippen molar-refractivity contribution >= 4 is 11.8 Å². The van der Waals surface area contributed by atoms with Gasteiger partial charge in [-0.2, -0.15) is 0 Å². The van der Waals surface area contributed by atoms with Gasteiger partial charge in [0.25, 0.3) is 5.91 Å². The fourth-order valence-corrected chi connectivity index (χ4v) is 2.06. The molecule has 0 aliphatic rings. The van der Waals surface area contributed by atoms with Crippen LogP contribution >= 0.6 is 0 Å². The van der Waals surface area contributed by atoms with Crippen LogP contribution in [0, 0.1) is 17.5 Å². The Bertz CT molecular complexity index is 799. The van der Waals surface area contributed by atoms with Gasteiger partial charge in [0.1, 0.15) is 11.6 Å². The first-order valence-electron chi connectivity index (χ1n) is 7.80. The van der Waals surface area contributed by atoms with Crippen molar-refractivity contribution in [3.8, 4) is 5.75 Å². The topological polar surface area (TPSA) is 67.4 Å². The number of para-hydroxylation sites is 1. The van der Waals surface area contributed by atoms with Gasteiger partial charge in [0, 0.05) is 6.42 Å². The van der Waals surface area contributed by atoms with Crippen molar-refractivity contribution in [2.45, 2.75) is 25.9 Å². The lowest BCUT2D eigenvalue weighted by Crippen LogP contribution is -2.47. The van der Waals surface area contributed by atoms with E-state index in [1.807, 2.05) is 0 Å². The number of hydrogen-bond acceptors (Lipinski definition) is 3. The maximum atomic E-state index is 13.5. The summed E-state index contributed by atoms with van der Waals surface area (Å²) in [7, 11) is 0. The zero-order valence-electron chi connectivity index (χ0n) is 13.9. The number of ether oxygens (including phenoxy) is 1. The monoisotopic (exact) mass is 366 g/mol.